The largest absolute Gasteiger partial charge is 0.385 e. The minimum atomic E-state index is -1.44. The number of hydrogen-bond acceptors (Lipinski definition) is 4. The van der Waals surface area contributed by atoms with E-state index in [1.807, 2.05) is 65.6 Å². The smallest absolute Gasteiger partial charge is 0.171 e. The van der Waals surface area contributed by atoms with Crippen molar-refractivity contribution in [1.82, 2.24) is 4.90 Å². The molecule has 0 unspecified atom stereocenters. The van der Waals surface area contributed by atoms with Crippen LogP contribution in [0.3, 0.4) is 0 Å². The number of rotatable bonds is 4. The van der Waals surface area contributed by atoms with Crippen LogP contribution < -0.4 is 0 Å². The molecule has 4 heteroatoms. The van der Waals surface area contributed by atoms with Gasteiger partial charge in [-0.3, -0.25) is 4.90 Å². The van der Waals surface area contributed by atoms with Gasteiger partial charge in [-0.1, -0.05) is 60.7 Å². The van der Waals surface area contributed by atoms with Crippen LogP contribution in [0, 0.1) is 0 Å². The molecule has 0 amide bonds. The third-order valence-corrected chi connectivity index (χ3v) is 4.75. The van der Waals surface area contributed by atoms with Crippen molar-refractivity contribution in [3.8, 4) is 0 Å². The molecule has 0 bridgehead atoms. The SMILES string of the molecule is OC(O)[C@@H](c1ccccc1)N1CCC(O)(c2ccccc2)CC1. The van der Waals surface area contributed by atoms with Gasteiger partial charge in [-0.25, -0.2) is 0 Å². The van der Waals surface area contributed by atoms with E-state index in [9.17, 15) is 15.3 Å². The summed E-state index contributed by atoms with van der Waals surface area (Å²) in [6, 6.07) is 18.8. The Morgan fingerprint density at radius 3 is 1.87 bits per heavy atom. The predicted octanol–water partition coefficient (Wildman–Crippen LogP) is 2.02. The molecule has 23 heavy (non-hydrogen) atoms. The molecule has 1 aliphatic heterocycles. The molecule has 1 atom stereocenters. The van der Waals surface area contributed by atoms with Gasteiger partial charge in [-0.05, 0) is 24.0 Å². The van der Waals surface area contributed by atoms with E-state index >= 15 is 0 Å². The molecule has 1 heterocycles. The zero-order valence-electron chi connectivity index (χ0n) is 13.0. The second kappa shape index (κ2) is 6.81. The fraction of sp³-hybridized carbons (Fsp3) is 0.368. The molecule has 1 fully saturated rings. The van der Waals surface area contributed by atoms with Crippen LogP contribution in [0.5, 0.6) is 0 Å². The summed E-state index contributed by atoms with van der Waals surface area (Å²) in [4.78, 5) is 2.04. The predicted molar refractivity (Wildman–Crippen MR) is 88.6 cm³/mol. The van der Waals surface area contributed by atoms with Crippen LogP contribution in [0.25, 0.3) is 0 Å². The molecule has 4 nitrogen and oxygen atoms in total. The maximum atomic E-state index is 10.9. The minimum absolute atomic E-state index is 0.462. The van der Waals surface area contributed by atoms with Crippen molar-refractivity contribution >= 4 is 0 Å². The molecule has 2 aromatic rings. The van der Waals surface area contributed by atoms with Crippen LogP contribution >= 0.6 is 0 Å². The van der Waals surface area contributed by atoms with Crippen LogP contribution in [-0.4, -0.2) is 39.6 Å². The lowest BCUT2D eigenvalue weighted by Gasteiger charge is -2.42. The van der Waals surface area contributed by atoms with Gasteiger partial charge in [0, 0.05) is 13.1 Å². The summed E-state index contributed by atoms with van der Waals surface area (Å²) in [6.07, 6.45) is -0.291. The quantitative estimate of drug-likeness (QED) is 0.756. The zero-order chi connectivity index (χ0) is 16.3. The van der Waals surface area contributed by atoms with E-state index in [4.69, 9.17) is 0 Å². The van der Waals surface area contributed by atoms with Crippen molar-refractivity contribution in [2.24, 2.45) is 0 Å². The van der Waals surface area contributed by atoms with Crippen LogP contribution in [0.2, 0.25) is 0 Å². The number of benzene rings is 2. The van der Waals surface area contributed by atoms with Gasteiger partial charge in [-0.2, -0.15) is 0 Å². The lowest BCUT2D eigenvalue weighted by molar-refractivity contribution is -0.122. The van der Waals surface area contributed by atoms with E-state index in [-0.39, 0.29) is 0 Å². The summed E-state index contributed by atoms with van der Waals surface area (Å²) in [6.45, 7) is 1.23. The maximum Gasteiger partial charge on any atom is 0.171 e. The zero-order valence-corrected chi connectivity index (χ0v) is 13.0. The molecule has 1 aliphatic rings. The molecular weight excluding hydrogens is 290 g/mol. The Kier molecular flexibility index (Phi) is 4.78. The number of likely N-dealkylation sites (tertiary alicyclic amines) is 1. The normalized spacial score (nSPS) is 19.7. The molecule has 0 saturated carbocycles. The van der Waals surface area contributed by atoms with Gasteiger partial charge >= 0.3 is 0 Å². The van der Waals surface area contributed by atoms with Gasteiger partial charge in [-0.15, -0.1) is 0 Å². The Balaban J connectivity index is 1.75. The second-order valence-corrected chi connectivity index (χ2v) is 6.20. The van der Waals surface area contributed by atoms with Gasteiger partial charge in [0.05, 0.1) is 11.6 Å². The minimum Gasteiger partial charge on any atom is -0.385 e. The van der Waals surface area contributed by atoms with Crippen molar-refractivity contribution in [3.63, 3.8) is 0 Å². The van der Waals surface area contributed by atoms with E-state index in [0.29, 0.717) is 25.9 Å². The third-order valence-electron chi connectivity index (χ3n) is 4.75. The molecule has 2 aromatic carbocycles. The number of piperidine rings is 1. The lowest BCUT2D eigenvalue weighted by atomic mass is 9.83. The number of hydrogen-bond donors (Lipinski definition) is 3. The highest BCUT2D eigenvalue weighted by atomic mass is 16.5. The Morgan fingerprint density at radius 2 is 1.35 bits per heavy atom. The van der Waals surface area contributed by atoms with E-state index in [1.54, 1.807) is 0 Å². The Morgan fingerprint density at radius 1 is 0.826 bits per heavy atom. The average molecular weight is 313 g/mol. The van der Waals surface area contributed by atoms with Crippen molar-refractivity contribution in [2.45, 2.75) is 30.8 Å². The Bertz CT molecular complexity index is 607. The highest BCUT2D eigenvalue weighted by molar-refractivity contribution is 5.24. The van der Waals surface area contributed by atoms with Crippen LogP contribution in [-0.2, 0) is 5.60 Å². The van der Waals surface area contributed by atoms with Crippen molar-refractivity contribution in [3.05, 3.63) is 71.8 Å². The summed E-state index contributed by atoms with van der Waals surface area (Å²) >= 11 is 0. The monoisotopic (exact) mass is 313 g/mol. The fourth-order valence-electron chi connectivity index (χ4n) is 3.43. The Hall–Kier alpha value is -1.72. The number of aliphatic hydroxyl groups is 3. The van der Waals surface area contributed by atoms with Crippen molar-refractivity contribution in [1.29, 1.82) is 0 Å². The summed E-state index contributed by atoms with van der Waals surface area (Å²) in [7, 11) is 0. The van der Waals surface area contributed by atoms with Gasteiger partial charge < -0.3 is 15.3 Å². The number of nitrogens with zero attached hydrogens (tertiary/aromatic N) is 1. The Labute approximate surface area is 136 Å². The summed E-state index contributed by atoms with van der Waals surface area (Å²) in [5.41, 5.74) is 0.979. The highest BCUT2D eigenvalue weighted by Gasteiger charge is 2.37. The molecule has 3 rings (SSSR count). The second-order valence-electron chi connectivity index (χ2n) is 6.20. The van der Waals surface area contributed by atoms with E-state index in [0.717, 1.165) is 11.1 Å². The molecule has 0 spiro atoms. The van der Waals surface area contributed by atoms with E-state index in [2.05, 4.69) is 0 Å². The summed E-state index contributed by atoms with van der Waals surface area (Å²) in [5.74, 6) is 0. The number of aliphatic hydroxyl groups excluding tert-OH is 1. The third kappa shape index (κ3) is 3.46. The van der Waals surface area contributed by atoms with Crippen molar-refractivity contribution in [2.75, 3.05) is 13.1 Å². The lowest BCUT2D eigenvalue weighted by Crippen LogP contribution is -2.46. The van der Waals surface area contributed by atoms with E-state index in [1.165, 1.54) is 0 Å². The molecule has 0 radical (unpaired) electrons. The molecule has 3 N–H and O–H groups in total. The van der Waals surface area contributed by atoms with Gasteiger partial charge in [0.25, 0.3) is 0 Å². The van der Waals surface area contributed by atoms with E-state index < -0.39 is 17.9 Å². The van der Waals surface area contributed by atoms with Gasteiger partial charge in [0.2, 0.25) is 0 Å². The molecule has 122 valence electrons. The average Bonchev–Trinajstić information content (AvgIpc) is 2.58. The van der Waals surface area contributed by atoms with Crippen LogP contribution in [0.4, 0.5) is 0 Å². The summed E-state index contributed by atoms with van der Waals surface area (Å²) in [5, 5.41) is 30.5. The first kappa shape index (κ1) is 16.1. The molecule has 1 saturated heterocycles. The first-order chi connectivity index (χ1) is 11.1. The molecular formula is C19H23NO3. The topological polar surface area (TPSA) is 63.9 Å². The maximum absolute atomic E-state index is 10.9. The summed E-state index contributed by atoms with van der Waals surface area (Å²) < 4.78 is 0. The van der Waals surface area contributed by atoms with Gasteiger partial charge in [0.1, 0.15) is 0 Å². The highest BCUT2D eigenvalue weighted by Crippen LogP contribution is 2.36. The van der Waals surface area contributed by atoms with Gasteiger partial charge in [0.15, 0.2) is 6.29 Å². The standard InChI is InChI=1S/C19H23NO3/c21-18(22)17(15-7-3-1-4-8-15)20-13-11-19(23,12-14-20)16-9-5-2-6-10-16/h1-10,17-18,21-23H,11-14H2/t17-/m1/s1. The first-order valence-corrected chi connectivity index (χ1v) is 8.03. The molecule has 0 aliphatic carbocycles. The fourth-order valence-corrected chi connectivity index (χ4v) is 3.43. The first-order valence-electron chi connectivity index (χ1n) is 8.03. The van der Waals surface area contributed by atoms with Crippen LogP contribution in [0.1, 0.15) is 30.0 Å². The van der Waals surface area contributed by atoms with Crippen molar-refractivity contribution < 1.29 is 15.3 Å². The van der Waals surface area contributed by atoms with Crippen LogP contribution in [0.15, 0.2) is 60.7 Å². The molecule has 0 aromatic heterocycles.